The maximum Gasteiger partial charge on any atom is 0.416 e. The fraction of sp³-hybridized carbons (Fsp3) is 0.367. The lowest BCUT2D eigenvalue weighted by Gasteiger charge is -2.39. The highest BCUT2D eigenvalue weighted by atomic mass is 19.4. The summed E-state index contributed by atoms with van der Waals surface area (Å²) in [5.41, 5.74) is 2.51. The number of pyridine rings is 2. The Morgan fingerprint density at radius 2 is 1.74 bits per heavy atom. The highest BCUT2D eigenvalue weighted by molar-refractivity contribution is 5.92. The lowest BCUT2D eigenvalue weighted by Crippen LogP contribution is -2.48. The largest absolute Gasteiger partial charge is 0.416 e. The maximum absolute atomic E-state index is 13.5. The molecule has 0 saturated carbocycles. The van der Waals surface area contributed by atoms with Crippen molar-refractivity contribution < 1.29 is 18.0 Å². The number of rotatable bonds is 8. The third-order valence-corrected chi connectivity index (χ3v) is 7.16. The van der Waals surface area contributed by atoms with Crippen molar-refractivity contribution in [3.8, 4) is 0 Å². The van der Waals surface area contributed by atoms with Gasteiger partial charge in [0, 0.05) is 57.2 Å². The molecule has 1 aromatic carbocycles. The standard InChI is InChI=1S/C30H34F3N5O/c1-22(2)37-15-12-26(13-16-37)38(29(39)11-8-23-6-9-25(10-7-23)30(31,32)33)21-24-17-28(20-35-18-24)36(3)27-5-4-14-34-19-27/h4-11,14,17-20,22,26H,12-13,15-16,21H2,1-3H3/b11-8+. The van der Waals surface area contributed by atoms with Crippen molar-refractivity contribution in [3.05, 3.63) is 90.0 Å². The zero-order valence-corrected chi connectivity index (χ0v) is 22.5. The van der Waals surface area contributed by atoms with Gasteiger partial charge in [-0.05, 0) is 74.2 Å². The second-order valence-corrected chi connectivity index (χ2v) is 10.1. The first kappa shape index (κ1) is 28.3. The SMILES string of the molecule is CC(C)N1CCC(N(Cc2cncc(N(C)c3cccnc3)c2)C(=O)/C=C/c2ccc(C(F)(F)F)cc2)CC1. The van der Waals surface area contributed by atoms with Gasteiger partial charge >= 0.3 is 6.18 Å². The summed E-state index contributed by atoms with van der Waals surface area (Å²) in [5.74, 6) is -0.177. The van der Waals surface area contributed by atoms with Crippen LogP contribution in [0.3, 0.4) is 0 Å². The van der Waals surface area contributed by atoms with Gasteiger partial charge in [-0.2, -0.15) is 13.2 Å². The molecule has 0 radical (unpaired) electrons. The molecule has 1 aliphatic heterocycles. The average molecular weight is 538 g/mol. The summed E-state index contributed by atoms with van der Waals surface area (Å²) in [4.78, 5) is 28.4. The highest BCUT2D eigenvalue weighted by Gasteiger charge is 2.30. The molecule has 9 heteroatoms. The molecule has 0 unspecified atom stereocenters. The van der Waals surface area contributed by atoms with E-state index in [0.717, 1.165) is 55.0 Å². The number of hydrogen-bond acceptors (Lipinski definition) is 5. The molecule has 2 aromatic heterocycles. The fourth-order valence-electron chi connectivity index (χ4n) is 4.79. The molecule has 1 aliphatic rings. The van der Waals surface area contributed by atoms with Gasteiger partial charge < -0.3 is 14.7 Å². The van der Waals surface area contributed by atoms with Crippen molar-refractivity contribution >= 4 is 23.4 Å². The summed E-state index contributed by atoms with van der Waals surface area (Å²) in [6.45, 7) is 6.52. The van der Waals surface area contributed by atoms with Crippen molar-refractivity contribution in [1.82, 2.24) is 19.8 Å². The van der Waals surface area contributed by atoms with Gasteiger partial charge in [0.1, 0.15) is 0 Å². The van der Waals surface area contributed by atoms with E-state index < -0.39 is 11.7 Å². The van der Waals surface area contributed by atoms with Crippen LogP contribution in [-0.4, -0.2) is 57.9 Å². The molecule has 3 aromatic rings. The first-order valence-electron chi connectivity index (χ1n) is 13.1. The van der Waals surface area contributed by atoms with E-state index in [1.807, 2.05) is 35.0 Å². The van der Waals surface area contributed by atoms with Gasteiger partial charge in [-0.3, -0.25) is 14.8 Å². The zero-order chi connectivity index (χ0) is 28.0. The van der Waals surface area contributed by atoms with Crippen LogP contribution < -0.4 is 4.90 Å². The number of carbonyl (C=O) groups is 1. The number of piperidine rings is 1. The van der Waals surface area contributed by atoms with Gasteiger partial charge in [0.15, 0.2) is 0 Å². The molecular formula is C30H34F3N5O. The Labute approximate surface area is 227 Å². The Bertz CT molecular complexity index is 1250. The minimum atomic E-state index is -4.40. The van der Waals surface area contributed by atoms with Crippen molar-refractivity contribution in [1.29, 1.82) is 0 Å². The highest BCUT2D eigenvalue weighted by Crippen LogP contribution is 2.29. The lowest BCUT2D eigenvalue weighted by molar-refractivity contribution is -0.137. The van der Waals surface area contributed by atoms with Gasteiger partial charge in [-0.15, -0.1) is 0 Å². The second-order valence-electron chi connectivity index (χ2n) is 10.1. The number of nitrogens with zero attached hydrogens (tertiary/aromatic N) is 5. The number of hydrogen-bond donors (Lipinski definition) is 0. The second kappa shape index (κ2) is 12.4. The molecular weight excluding hydrogens is 503 g/mol. The van der Waals surface area contributed by atoms with Crippen LogP contribution in [-0.2, 0) is 17.5 Å². The normalized spacial score (nSPS) is 15.2. The number of alkyl halides is 3. The lowest BCUT2D eigenvalue weighted by atomic mass is 10.0. The minimum absolute atomic E-state index is 0.0458. The molecule has 3 heterocycles. The van der Waals surface area contributed by atoms with Crippen LogP contribution in [0.15, 0.2) is 73.3 Å². The number of anilines is 2. The van der Waals surface area contributed by atoms with E-state index in [-0.39, 0.29) is 11.9 Å². The molecule has 1 saturated heterocycles. The van der Waals surface area contributed by atoms with Gasteiger partial charge in [0.05, 0.1) is 29.3 Å². The van der Waals surface area contributed by atoms with Crippen LogP contribution in [0.1, 0.15) is 43.4 Å². The van der Waals surface area contributed by atoms with Crippen LogP contribution >= 0.6 is 0 Å². The molecule has 206 valence electrons. The fourth-order valence-corrected chi connectivity index (χ4v) is 4.79. The third kappa shape index (κ3) is 7.44. The van der Waals surface area contributed by atoms with Gasteiger partial charge in [-0.25, -0.2) is 0 Å². The molecule has 1 amide bonds. The molecule has 39 heavy (non-hydrogen) atoms. The number of carbonyl (C=O) groups excluding carboxylic acids is 1. The average Bonchev–Trinajstić information content (AvgIpc) is 2.94. The van der Waals surface area contributed by atoms with E-state index in [9.17, 15) is 18.0 Å². The Morgan fingerprint density at radius 1 is 1.05 bits per heavy atom. The summed E-state index contributed by atoms with van der Waals surface area (Å²) in [6, 6.07) is 11.1. The van der Waals surface area contributed by atoms with Crippen LogP contribution in [0.4, 0.5) is 24.5 Å². The van der Waals surface area contributed by atoms with Gasteiger partial charge in [0.25, 0.3) is 0 Å². The molecule has 0 spiro atoms. The number of aromatic nitrogens is 2. The molecule has 4 rings (SSSR count). The van der Waals surface area contributed by atoms with Gasteiger partial charge in [-0.1, -0.05) is 12.1 Å². The van der Waals surface area contributed by atoms with Crippen molar-refractivity contribution in [2.75, 3.05) is 25.0 Å². The molecule has 0 aliphatic carbocycles. The molecule has 0 N–H and O–H groups in total. The van der Waals surface area contributed by atoms with E-state index in [1.54, 1.807) is 30.9 Å². The van der Waals surface area contributed by atoms with E-state index in [1.165, 1.54) is 18.2 Å². The first-order chi connectivity index (χ1) is 18.6. The van der Waals surface area contributed by atoms with Crippen LogP contribution in [0, 0.1) is 0 Å². The quantitative estimate of drug-likeness (QED) is 0.321. The summed E-state index contributed by atoms with van der Waals surface area (Å²) >= 11 is 0. The van der Waals surface area contributed by atoms with Crippen LogP contribution in [0.2, 0.25) is 0 Å². The van der Waals surface area contributed by atoms with Crippen molar-refractivity contribution in [2.45, 2.75) is 51.5 Å². The number of benzene rings is 1. The third-order valence-electron chi connectivity index (χ3n) is 7.16. The zero-order valence-electron chi connectivity index (χ0n) is 22.5. The van der Waals surface area contributed by atoms with Gasteiger partial charge in [0.2, 0.25) is 5.91 Å². The maximum atomic E-state index is 13.5. The molecule has 6 nitrogen and oxygen atoms in total. The van der Waals surface area contributed by atoms with E-state index >= 15 is 0 Å². The summed E-state index contributed by atoms with van der Waals surface area (Å²) in [5, 5.41) is 0. The predicted molar refractivity (Wildman–Crippen MR) is 147 cm³/mol. The van der Waals surface area contributed by atoms with Crippen LogP contribution in [0.25, 0.3) is 6.08 Å². The summed E-state index contributed by atoms with van der Waals surface area (Å²) < 4.78 is 38.7. The Balaban J connectivity index is 1.54. The van der Waals surface area contributed by atoms with Crippen molar-refractivity contribution in [2.24, 2.45) is 0 Å². The minimum Gasteiger partial charge on any atom is -0.342 e. The number of halogens is 3. The Kier molecular flexibility index (Phi) is 9.01. The van der Waals surface area contributed by atoms with Crippen LogP contribution in [0.5, 0.6) is 0 Å². The smallest absolute Gasteiger partial charge is 0.342 e. The predicted octanol–water partition coefficient (Wildman–Crippen LogP) is 6.18. The molecule has 0 bridgehead atoms. The Morgan fingerprint density at radius 3 is 2.36 bits per heavy atom. The van der Waals surface area contributed by atoms with Crippen molar-refractivity contribution in [3.63, 3.8) is 0 Å². The monoisotopic (exact) mass is 537 g/mol. The number of likely N-dealkylation sites (tertiary alicyclic amines) is 1. The summed E-state index contributed by atoms with van der Waals surface area (Å²) in [7, 11) is 1.94. The molecule has 0 atom stereocenters. The van der Waals surface area contributed by atoms with E-state index in [4.69, 9.17) is 0 Å². The first-order valence-corrected chi connectivity index (χ1v) is 13.1. The topological polar surface area (TPSA) is 52.6 Å². The van der Waals surface area contributed by atoms with E-state index in [0.29, 0.717) is 18.2 Å². The Hall–Kier alpha value is -3.72. The van der Waals surface area contributed by atoms with E-state index in [2.05, 4.69) is 28.7 Å². The number of amides is 1. The molecule has 1 fully saturated rings. The summed E-state index contributed by atoms with van der Waals surface area (Å²) in [6.07, 6.45) is 7.36.